The van der Waals surface area contributed by atoms with Gasteiger partial charge in [0.15, 0.2) is 5.82 Å². The Morgan fingerprint density at radius 2 is 2.12 bits per heavy atom. The fraction of sp³-hybridized carbons (Fsp3) is 0.417. The van der Waals surface area contributed by atoms with Crippen molar-refractivity contribution in [1.82, 2.24) is 19.7 Å². The first kappa shape index (κ1) is 11.6. The van der Waals surface area contributed by atoms with E-state index in [0.717, 1.165) is 35.9 Å². The molecule has 0 atom stereocenters. The highest BCUT2D eigenvalue weighted by Gasteiger charge is 2.08. The van der Waals surface area contributed by atoms with Crippen LogP contribution in [0.4, 0.5) is 5.69 Å². The van der Waals surface area contributed by atoms with Crippen LogP contribution in [0.25, 0.3) is 0 Å². The number of rotatable bonds is 4. The lowest BCUT2D eigenvalue weighted by atomic mass is 10.3. The predicted molar refractivity (Wildman–Crippen MR) is 66.5 cm³/mol. The first-order valence-corrected chi connectivity index (χ1v) is 5.86. The van der Waals surface area contributed by atoms with Crippen molar-refractivity contribution in [2.24, 2.45) is 0 Å². The van der Waals surface area contributed by atoms with Gasteiger partial charge >= 0.3 is 0 Å². The van der Waals surface area contributed by atoms with Gasteiger partial charge in [0.05, 0.1) is 12.2 Å². The van der Waals surface area contributed by atoms with E-state index in [2.05, 4.69) is 28.9 Å². The molecule has 90 valence electrons. The standard InChI is InChI=1S/C12H17N5/c1-3-11-15-12(4-2)17(16-11)8-10-7-9(13)5-6-14-10/h5-7H,3-4,8H2,1-2H3,(H2,13,14). The maximum Gasteiger partial charge on any atom is 0.150 e. The Morgan fingerprint density at radius 3 is 2.76 bits per heavy atom. The molecule has 2 aromatic heterocycles. The zero-order valence-electron chi connectivity index (χ0n) is 10.2. The number of anilines is 1. The van der Waals surface area contributed by atoms with E-state index in [4.69, 9.17) is 5.73 Å². The molecule has 0 aliphatic heterocycles. The van der Waals surface area contributed by atoms with E-state index in [1.54, 1.807) is 12.3 Å². The smallest absolute Gasteiger partial charge is 0.150 e. The molecule has 2 rings (SSSR count). The molecule has 5 nitrogen and oxygen atoms in total. The summed E-state index contributed by atoms with van der Waals surface area (Å²) in [6.07, 6.45) is 3.44. The molecular formula is C12H17N5. The zero-order chi connectivity index (χ0) is 12.3. The van der Waals surface area contributed by atoms with Crippen LogP contribution in [0.2, 0.25) is 0 Å². The number of aryl methyl sites for hydroxylation is 2. The highest BCUT2D eigenvalue weighted by atomic mass is 15.3. The van der Waals surface area contributed by atoms with Gasteiger partial charge in [-0.05, 0) is 12.1 Å². The number of pyridine rings is 1. The topological polar surface area (TPSA) is 69.6 Å². The fourth-order valence-corrected chi connectivity index (χ4v) is 1.70. The van der Waals surface area contributed by atoms with Crippen molar-refractivity contribution in [3.63, 3.8) is 0 Å². The van der Waals surface area contributed by atoms with E-state index in [-0.39, 0.29) is 0 Å². The highest BCUT2D eigenvalue weighted by molar-refractivity contribution is 5.37. The summed E-state index contributed by atoms with van der Waals surface area (Å²) >= 11 is 0. The molecule has 2 aromatic rings. The third-order valence-corrected chi connectivity index (χ3v) is 2.58. The lowest BCUT2D eigenvalue weighted by Gasteiger charge is -2.04. The van der Waals surface area contributed by atoms with Gasteiger partial charge in [0, 0.05) is 24.7 Å². The minimum absolute atomic E-state index is 0.626. The summed E-state index contributed by atoms with van der Waals surface area (Å²) < 4.78 is 1.90. The van der Waals surface area contributed by atoms with Gasteiger partial charge in [-0.3, -0.25) is 4.98 Å². The Balaban J connectivity index is 2.25. The molecule has 0 bridgehead atoms. The molecule has 0 saturated carbocycles. The van der Waals surface area contributed by atoms with Crippen LogP contribution in [0.15, 0.2) is 18.3 Å². The summed E-state index contributed by atoms with van der Waals surface area (Å²) in [5.74, 6) is 1.87. The molecule has 17 heavy (non-hydrogen) atoms. The summed E-state index contributed by atoms with van der Waals surface area (Å²) in [5, 5.41) is 4.45. The van der Waals surface area contributed by atoms with Crippen molar-refractivity contribution in [3.8, 4) is 0 Å². The third kappa shape index (κ3) is 2.61. The first-order chi connectivity index (χ1) is 8.22. The second-order valence-corrected chi connectivity index (χ2v) is 3.89. The van der Waals surface area contributed by atoms with Gasteiger partial charge in [0.25, 0.3) is 0 Å². The van der Waals surface area contributed by atoms with Crippen LogP contribution in [-0.4, -0.2) is 19.7 Å². The number of hydrogen-bond donors (Lipinski definition) is 1. The molecule has 0 unspecified atom stereocenters. The monoisotopic (exact) mass is 231 g/mol. The Morgan fingerprint density at radius 1 is 1.29 bits per heavy atom. The second kappa shape index (κ2) is 4.95. The molecule has 0 saturated heterocycles. The van der Waals surface area contributed by atoms with Crippen molar-refractivity contribution in [2.75, 3.05) is 5.73 Å². The van der Waals surface area contributed by atoms with Crippen LogP contribution in [0.1, 0.15) is 31.2 Å². The van der Waals surface area contributed by atoms with Gasteiger partial charge in [0.2, 0.25) is 0 Å². The van der Waals surface area contributed by atoms with Crippen molar-refractivity contribution in [2.45, 2.75) is 33.2 Å². The van der Waals surface area contributed by atoms with E-state index >= 15 is 0 Å². The minimum atomic E-state index is 0.626. The van der Waals surface area contributed by atoms with E-state index in [1.807, 2.05) is 10.7 Å². The molecule has 0 aliphatic carbocycles. The lowest BCUT2D eigenvalue weighted by Crippen LogP contribution is -2.08. The Bertz CT molecular complexity index is 503. The molecule has 0 fully saturated rings. The number of nitrogens with zero attached hydrogens (tertiary/aromatic N) is 4. The second-order valence-electron chi connectivity index (χ2n) is 3.89. The minimum Gasteiger partial charge on any atom is -0.399 e. The van der Waals surface area contributed by atoms with Crippen molar-refractivity contribution in [3.05, 3.63) is 35.7 Å². The molecule has 0 spiro atoms. The zero-order valence-corrected chi connectivity index (χ0v) is 10.2. The molecule has 0 aliphatic rings. The van der Waals surface area contributed by atoms with Crippen LogP contribution >= 0.6 is 0 Å². The third-order valence-electron chi connectivity index (χ3n) is 2.58. The van der Waals surface area contributed by atoms with E-state index < -0.39 is 0 Å². The Kier molecular flexibility index (Phi) is 3.37. The van der Waals surface area contributed by atoms with Gasteiger partial charge in [-0.2, -0.15) is 5.10 Å². The van der Waals surface area contributed by atoms with Crippen molar-refractivity contribution in [1.29, 1.82) is 0 Å². The molecule has 0 amide bonds. The van der Waals surface area contributed by atoms with E-state index in [0.29, 0.717) is 6.54 Å². The van der Waals surface area contributed by atoms with Crippen LogP contribution in [-0.2, 0) is 19.4 Å². The number of aromatic nitrogens is 4. The molecule has 0 radical (unpaired) electrons. The maximum absolute atomic E-state index is 5.73. The van der Waals surface area contributed by atoms with Crippen LogP contribution < -0.4 is 5.73 Å². The summed E-state index contributed by atoms with van der Waals surface area (Å²) in [6, 6.07) is 3.65. The number of nitrogen functional groups attached to an aromatic ring is 1. The Hall–Kier alpha value is -1.91. The molecule has 0 aromatic carbocycles. The van der Waals surface area contributed by atoms with Crippen LogP contribution in [0, 0.1) is 0 Å². The summed E-state index contributed by atoms with van der Waals surface area (Å²) in [6.45, 7) is 4.76. The van der Waals surface area contributed by atoms with Crippen molar-refractivity contribution < 1.29 is 0 Å². The molecule has 2 heterocycles. The number of hydrogen-bond acceptors (Lipinski definition) is 4. The highest BCUT2D eigenvalue weighted by Crippen LogP contribution is 2.07. The van der Waals surface area contributed by atoms with Gasteiger partial charge in [-0.15, -0.1) is 0 Å². The van der Waals surface area contributed by atoms with Gasteiger partial charge in [-0.1, -0.05) is 13.8 Å². The van der Waals surface area contributed by atoms with Crippen LogP contribution in [0.5, 0.6) is 0 Å². The molecular weight excluding hydrogens is 214 g/mol. The van der Waals surface area contributed by atoms with E-state index in [9.17, 15) is 0 Å². The normalized spacial score (nSPS) is 10.7. The summed E-state index contributed by atoms with van der Waals surface area (Å²) in [5.41, 5.74) is 7.36. The largest absolute Gasteiger partial charge is 0.399 e. The predicted octanol–water partition coefficient (Wildman–Crippen LogP) is 1.43. The molecule has 2 N–H and O–H groups in total. The average Bonchev–Trinajstić information content (AvgIpc) is 2.71. The van der Waals surface area contributed by atoms with Crippen molar-refractivity contribution >= 4 is 5.69 Å². The summed E-state index contributed by atoms with van der Waals surface area (Å²) in [4.78, 5) is 8.74. The lowest BCUT2D eigenvalue weighted by molar-refractivity contribution is 0.627. The van der Waals surface area contributed by atoms with Crippen LogP contribution in [0.3, 0.4) is 0 Å². The SMILES string of the molecule is CCc1nc(CC)n(Cc2cc(N)ccn2)n1. The number of nitrogens with two attached hydrogens (primary N) is 1. The maximum atomic E-state index is 5.73. The molecule has 5 heteroatoms. The summed E-state index contributed by atoms with van der Waals surface area (Å²) in [7, 11) is 0. The van der Waals surface area contributed by atoms with E-state index in [1.165, 1.54) is 0 Å². The first-order valence-electron chi connectivity index (χ1n) is 5.86. The fourth-order valence-electron chi connectivity index (χ4n) is 1.70. The Labute approximate surface area is 101 Å². The van der Waals surface area contributed by atoms with Gasteiger partial charge in [0.1, 0.15) is 5.82 Å². The average molecular weight is 231 g/mol. The van der Waals surface area contributed by atoms with Gasteiger partial charge in [-0.25, -0.2) is 9.67 Å². The van der Waals surface area contributed by atoms with Gasteiger partial charge < -0.3 is 5.73 Å². The quantitative estimate of drug-likeness (QED) is 0.864.